The van der Waals surface area contributed by atoms with Gasteiger partial charge in [-0.1, -0.05) is 0 Å². The van der Waals surface area contributed by atoms with E-state index >= 15 is 0 Å². The Morgan fingerprint density at radius 2 is 2.25 bits per heavy atom. The number of nitrogens with zero attached hydrogens (tertiary/aromatic N) is 1. The topological polar surface area (TPSA) is 42.4 Å². The van der Waals surface area contributed by atoms with Crippen LogP contribution in [0.3, 0.4) is 0 Å². The molecule has 0 aliphatic heterocycles. The molecule has 3 nitrogen and oxygen atoms in total. The van der Waals surface area contributed by atoms with Crippen LogP contribution in [0.2, 0.25) is 0 Å². The summed E-state index contributed by atoms with van der Waals surface area (Å²) >= 11 is 1.60. The van der Waals surface area contributed by atoms with Gasteiger partial charge in [0.15, 0.2) is 0 Å². The van der Waals surface area contributed by atoms with E-state index in [0.717, 1.165) is 22.2 Å². The van der Waals surface area contributed by atoms with Gasteiger partial charge in [0.1, 0.15) is 11.1 Å². The zero-order chi connectivity index (χ0) is 11.7. The summed E-state index contributed by atoms with van der Waals surface area (Å²) in [6, 6.07) is 0. The lowest BCUT2D eigenvalue weighted by molar-refractivity contribution is 0.0461. The van der Waals surface area contributed by atoms with E-state index in [0.29, 0.717) is 5.92 Å². The predicted octanol–water partition coefficient (Wildman–Crippen LogP) is 2.99. The van der Waals surface area contributed by atoms with Crippen LogP contribution in [0.5, 0.6) is 0 Å². The molecule has 0 bridgehead atoms. The molecule has 2 unspecified atom stereocenters. The Morgan fingerprint density at radius 3 is 2.69 bits per heavy atom. The summed E-state index contributed by atoms with van der Waals surface area (Å²) in [6.45, 7) is 6.49. The number of aliphatic hydroxyl groups is 1. The van der Waals surface area contributed by atoms with Gasteiger partial charge >= 0.3 is 0 Å². The third kappa shape index (κ3) is 2.44. The highest BCUT2D eigenvalue weighted by Gasteiger charge is 2.35. The largest absolute Gasteiger partial charge is 0.388 e. The van der Waals surface area contributed by atoms with Crippen LogP contribution in [0.25, 0.3) is 0 Å². The van der Waals surface area contributed by atoms with Crippen molar-refractivity contribution in [1.29, 1.82) is 0 Å². The van der Waals surface area contributed by atoms with Crippen molar-refractivity contribution in [1.82, 2.24) is 4.98 Å². The second-order valence-electron chi connectivity index (χ2n) is 4.39. The summed E-state index contributed by atoms with van der Waals surface area (Å²) in [6.07, 6.45) is 2.22. The highest BCUT2D eigenvalue weighted by molar-refractivity contribution is 7.11. The van der Waals surface area contributed by atoms with Crippen LogP contribution in [-0.4, -0.2) is 16.7 Å². The first-order chi connectivity index (χ1) is 7.63. The van der Waals surface area contributed by atoms with Crippen LogP contribution in [0.4, 0.5) is 0 Å². The van der Waals surface area contributed by atoms with Gasteiger partial charge < -0.3 is 9.84 Å². The van der Waals surface area contributed by atoms with Gasteiger partial charge in [0.2, 0.25) is 0 Å². The Bertz CT molecular complexity index is 358. The van der Waals surface area contributed by atoms with Gasteiger partial charge in [-0.2, -0.15) is 0 Å². The summed E-state index contributed by atoms with van der Waals surface area (Å²) in [7, 11) is 0. The van der Waals surface area contributed by atoms with E-state index in [1.54, 1.807) is 18.3 Å². The zero-order valence-corrected chi connectivity index (χ0v) is 10.9. The van der Waals surface area contributed by atoms with Gasteiger partial charge in [-0.15, -0.1) is 11.3 Å². The number of rotatable bonds is 5. The molecule has 2 rings (SSSR count). The molecule has 1 aliphatic carbocycles. The van der Waals surface area contributed by atoms with Crippen molar-refractivity contribution in [2.45, 2.75) is 45.8 Å². The van der Waals surface area contributed by atoms with Crippen LogP contribution in [-0.2, 0) is 4.74 Å². The van der Waals surface area contributed by atoms with E-state index in [9.17, 15) is 5.11 Å². The lowest BCUT2D eigenvalue weighted by Gasteiger charge is -2.12. The zero-order valence-electron chi connectivity index (χ0n) is 10.1. The van der Waals surface area contributed by atoms with Crippen molar-refractivity contribution in [3.05, 3.63) is 15.6 Å². The van der Waals surface area contributed by atoms with Crippen molar-refractivity contribution in [2.24, 2.45) is 5.92 Å². The van der Waals surface area contributed by atoms with E-state index in [4.69, 9.17) is 4.74 Å². The first kappa shape index (κ1) is 12.0. The molecule has 1 aromatic rings. The lowest BCUT2D eigenvalue weighted by Crippen LogP contribution is -2.05. The molecule has 0 radical (unpaired) electrons. The quantitative estimate of drug-likeness (QED) is 0.861. The van der Waals surface area contributed by atoms with Crippen LogP contribution >= 0.6 is 11.3 Å². The summed E-state index contributed by atoms with van der Waals surface area (Å²) < 4.78 is 5.77. The Morgan fingerprint density at radius 1 is 1.56 bits per heavy atom. The minimum Gasteiger partial charge on any atom is -0.388 e. The fourth-order valence-electron chi connectivity index (χ4n) is 1.93. The molecule has 0 aromatic carbocycles. The fraction of sp³-hybridized carbons (Fsp3) is 0.750. The number of aromatic nitrogens is 1. The summed E-state index contributed by atoms with van der Waals surface area (Å²) in [5, 5.41) is 10.7. The molecule has 0 saturated heterocycles. The van der Waals surface area contributed by atoms with Gasteiger partial charge in [-0.25, -0.2) is 4.98 Å². The number of aryl methyl sites for hydroxylation is 1. The number of hydrogen-bond acceptors (Lipinski definition) is 4. The van der Waals surface area contributed by atoms with Gasteiger partial charge in [-0.05, 0) is 39.5 Å². The molecule has 0 spiro atoms. The van der Waals surface area contributed by atoms with E-state index in [1.165, 1.54) is 12.8 Å². The minimum atomic E-state index is -0.423. The molecular formula is C12H19NO2S. The van der Waals surface area contributed by atoms with Crippen molar-refractivity contribution in [3.8, 4) is 0 Å². The average molecular weight is 241 g/mol. The predicted molar refractivity (Wildman–Crippen MR) is 64.6 cm³/mol. The molecule has 1 aromatic heterocycles. The standard InChI is InChI=1S/C12H19NO2S/c1-4-15-10(9-5-6-9)12-13-7(2)11(16-12)8(3)14/h8-10,14H,4-6H2,1-3H3. The number of hydrogen-bond donors (Lipinski definition) is 1. The second kappa shape index (κ2) is 4.82. The summed E-state index contributed by atoms with van der Waals surface area (Å²) in [4.78, 5) is 5.52. The maximum atomic E-state index is 9.61. The average Bonchev–Trinajstić information content (AvgIpc) is 2.98. The third-order valence-electron chi connectivity index (χ3n) is 2.87. The van der Waals surface area contributed by atoms with Crippen molar-refractivity contribution >= 4 is 11.3 Å². The normalized spacial score (nSPS) is 19.8. The van der Waals surface area contributed by atoms with Crippen LogP contribution in [0, 0.1) is 12.8 Å². The van der Waals surface area contributed by atoms with Gasteiger partial charge in [0, 0.05) is 6.61 Å². The molecular weight excluding hydrogens is 222 g/mol. The van der Waals surface area contributed by atoms with E-state index in [-0.39, 0.29) is 6.10 Å². The van der Waals surface area contributed by atoms with Crippen LogP contribution < -0.4 is 0 Å². The highest BCUT2D eigenvalue weighted by atomic mass is 32.1. The monoisotopic (exact) mass is 241 g/mol. The molecule has 1 fully saturated rings. The number of aliphatic hydroxyl groups excluding tert-OH is 1. The Labute approximate surface area is 100 Å². The maximum Gasteiger partial charge on any atom is 0.122 e. The molecule has 2 atom stereocenters. The molecule has 16 heavy (non-hydrogen) atoms. The Balaban J connectivity index is 2.20. The van der Waals surface area contributed by atoms with Crippen LogP contribution in [0.1, 0.15) is 54.5 Å². The first-order valence-electron chi connectivity index (χ1n) is 5.90. The van der Waals surface area contributed by atoms with Gasteiger partial charge in [-0.3, -0.25) is 0 Å². The van der Waals surface area contributed by atoms with Crippen molar-refractivity contribution < 1.29 is 9.84 Å². The molecule has 4 heteroatoms. The molecule has 1 saturated carbocycles. The molecule has 1 N–H and O–H groups in total. The third-order valence-corrected chi connectivity index (χ3v) is 4.26. The molecule has 0 amide bonds. The fourth-order valence-corrected chi connectivity index (χ4v) is 3.07. The lowest BCUT2D eigenvalue weighted by atomic mass is 10.2. The minimum absolute atomic E-state index is 0.154. The van der Waals surface area contributed by atoms with Crippen LogP contribution in [0.15, 0.2) is 0 Å². The van der Waals surface area contributed by atoms with Crippen molar-refractivity contribution in [2.75, 3.05) is 6.61 Å². The van der Waals surface area contributed by atoms with Crippen molar-refractivity contribution in [3.63, 3.8) is 0 Å². The molecule has 1 aliphatic rings. The highest BCUT2D eigenvalue weighted by Crippen LogP contribution is 2.45. The SMILES string of the molecule is CCOC(c1nc(C)c(C(C)O)s1)C1CC1. The van der Waals surface area contributed by atoms with Gasteiger partial charge in [0.25, 0.3) is 0 Å². The van der Waals surface area contributed by atoms with E-state index in [2.05, 4.69) is 4.98 Å². The summed E-state index contributed by atoms with van der Waals surface area (Å²) in [5.74, 6) is 0.646. The Hall–Kier alpha value is -0.450. The Kier molecular flexibility index (Phi) is 3.62. The second-order valence-corrected chi connectivity index (χ2v) is 5.45. The number of thiazole rings is 1. The number of ether oxygens (including phenoxy) is 1. The first-order valence-corrected chi connectivity index (χ1v) is 6.72. The smallest absolute Gasteiger partial charge is 0.122 e. The maximum absolute atomic E-state index is 9.61. The van der Waals surface area contributed by atoms with E-state index in [1.807, 2.05) is 13.8 Å². The summed E-state index contributed by atoms with van der Waals surface area (Å²) in [5.41, 5.74) is 0.945. The molecule has 90 valence electrons. The molecule has 1 heterocycles. The van der Waals surface area contributed by atoms with E-state index < -0.39 is 6.10 Å². The van der Waals surface area contributed by atoms with Gasteiger partial charge in [0.05, 0.1) is 16.7 Å².